The first kappa shape index (κ1) is 26.8. The number of allylic oxidation sites excluding steroid dienone is 12. The van der Waals surface area contributed by atoms with E-state index in [-0.39, 0.29) is 17.0 Å². The summed E-state index contributed by atoms with van der Waals surface area (Å²) >= 11 is 0. The standard InChI is InChI=1S/C29H42O2/c1-8-12-27(30)25(28(31)13-9-2)19-17-22(3)14-10-15-23(4)18-20-26-24(5)16-11-21-29(26,6)7/h10,14-15,17-20H,8-9,11-13,16,21H2,1-7H3/b14-10+,20-18+,22-17+,23-15+. The van der Waals surface area contributed by atoms with Crippen LogP contribution in [0.15, 0.2) is 70.4 Å². The van der Waals surface area contributed by atoms with Gasteiger partial charge in [-0.1, -0.05) is 80.9 Å². The summed E-state index contributed by atoms with van der Waals surface area (Å²) in [7, 11) is 0. The first-order valence-electron chi connectivity index (χ1n) is 11.8. The lowest BCUT2D eigenvalue weighted by molar-refractivity contribution is -0.121. The van der Waals surface area contributed by atoms with Crippen molar-refractivity contribution in [1.82, 2.24) is 0 Å². The highest BCUT2D eigenvalue weighted by Gasteiger charge is 2.26. The van der Waals surface area contributed by atoms with Crippen LogP contribution < -0.4 is 0 Å². The van der Waals surface area contributed by atoms with Crippen molar-refractivity contribution in [3.05, 3.63) is 70.4 Å². The number of Topliss-reactive ketones (excluding diaryl/α,β-unsaturated/α-hetero) is 2. The number of rotatable bonds is 11. The molecule has 0 aromatic heterocycles. The summed E-state index contributed by atoms with van der Waals surface area (Å²) in [6.07, 6.45) is 20.2. The van der Waals surface area contributed by atoms with Crippen molar-refractivity contribution in [2.24, 2.45) is 5.41 Å². The lowest BCUT2D eigenvalue weighted by Crippen LogP contribution is -2.19. The fraction of sp³-hybridized carbons (Fsp3) is 0.517. The molecule has 0 N–H and O–H groups in total. The summed E-state index contributed by atoms with van der Waals surface area (Å²) in [6.45, 7) is 14.9. The molecular weight excluding hydrogens is 380 g/mol. The maximum atomic E-state index is 12.3. The zero-order valence-corrected chi connectivity index (χ0v) is 20.8. The van der Waals surface area contributed by atoms with Gasteiger partial charge in [0.25, 0.3) is 0 Å². The molecule has 0 aliphatic heterocycles. The quantitative estimate of drug-likeness (QED) is 0.146. The molecule has 1 aliphatic carbocycles. The highest BCUT2D eigenvalue weighted by atomic mass is 16.1. The molecule has 0 fully saturated rings. The molecule has 0 aromatic rings. The van der Waals surface area contributed by atoms with Gasteiger partial charge < -0.3 is 0 Å². The summed E-state index contributed by atoms with van der Waals surface area (Å²) in [6, 6.07) is 0. The van der Waals surface area contributed by atoms with Crippen molar-refractivity contribution in [2.75, 3.05) is 0 Å². The van der Waals surface area contributed by atoms with Crippen molar-refractivity contribution in [3.63, 3.8) is 0 Å². The van der Waals surface area contributed by atoms with Crippen LogP contribution in [0.4, 0.5) is 0 Å². The molecule has 1 aliphatic rings. The van der Waals surface area contributed by atoms with Gasteiger partial charge in [-0.05, 0) is 69.9 Å². The van der Waals surface area contributed by atoms with Crippen LogP contribution in [0.25, 0.3) is 0 Å². The van der Waals surface area contributed by atoms with Crippen LogP contribution in [-0.4, -0.2) is 11.6 Å². The van der Waals surface area contributed by atoms with Crippen molar-refractivity contribution in [1.29, 1.82) is 0 Å². The van der Waals surface area contributed by atoms with Gasteiger partial charge in [0.1, 0.15) is 0 Å². The normalized spacial score (nSPS) is 17.5. The Balaban J connectivity index is 2.90. The molecule has 0 bridgehead atoms. The van der Waals surface area contributed by atoms with Crippen molar-refractivity contribution < 1.29 is 9.59 Å². The molecule has 0 saturated carbocycles. The van der Waals surface area contributed by atoms with Gasteiger partial charge in [-0.25, -0.2) is 0 Å². The molecule has 31 heavy (non-hydrogen) atoms. The Kier molecular flexibility index (Phi) is 11.5. The summed E-state index contributed by atoms with van der Waals surface area (Å²) in [5.74, 6) is -0.102. The first-order chi connectivity index (χ1) is 14.6. The molecular formula is C29H42O2. The zero-order chi connectivity index (χ0) is 23.4. The Bertz CT molecular complexity index is 803. The third-order valence-corrected chi connectivity index (χ3v) is 5.84. The molecule has 0 aromatic carbocycles. The predicted molar refractivity (Wildman–Crippen MR) is 134 cm³/mol. The smallest absolute Gasteiger partial charge is 0.166 e. The number of hydrogen-bond donors (Lipinski definition) is 0. The molecule has 1 rings (SSSR count). The second-order valence-electron chi connectivity index (χ2n) is 9.37. The summed E-state index contributed by atoms with van der Waals surface area (Å²) in [5.41, 5.74) is 5.77. The third kappa shape index (κ3) is 9.21. The van der Waals surface area contributed by atoms with Crippen molar-refractivity contribution in [3.8, 4) is 0 Å². The van der Waals surface area contributed by atoms with Gasteiger partial charge in [-0.15, -0.1) is 0 Å². The molecule has 0 heterocycles. The van der Waals surface area contributed by atoms with E-state index in [1.54, 1.807) is 6.08 Å². The topological polar surface area (TPSA) is 34.1 Å². The van der Waals surface area contributed by atoms with Gasteiger partial charge in [-0.2, -0.15) is 0 Å². The Morgan fingerprint density at radius 3 is 2.03 bits per heavy atom. The maximum absolute atomic E-state index is 12.3. The zero-order valence-electron chi connectivity index (χ0n) is 20.8. The van der Waals surface area contributed by atoms with Gasteiger partial charge in [0.15, 0.2) is 11.6 Å². The van der Waals surface area contributed by atoms with Crippen LogP contribution in [0.1, 0.15) is 93.4 Å². The van der Waals surface area contributed by atoms with E-state index in [1.165, 1.54) is 36.0 Å². The van der Waals surface area contributed by atoms with Crippen molar-refractivity contribution >= 4 is 11.6 Å². The van der Waals surface area contributed by atoms with Crippen LogP contribution in [0.2, 0.25) is 0 Å². The molecule has 0 radical (unpaired) electrons. The van der Waals surface area contributed by atoms with Crippen molar-refractivity contribution in [2.45, 2.75) is 93.4 Å². The van der Waals surface area contributed by atoms with Crippen LogP contribution >= 0.6 is 0 Å². The van der Waals surface area contributed by atoms with E-state index < -0.39 is 0 Å². The Morgan fingerprint density at radius 2 is 1.48 bits per heavy atom. The first-order valence-corrected chi connectivity index (χ1v) is 11.8. The van der Waals surface area contributed by atoms with Crippen LogP contribution in [0.5, 0.6) is 0 Å². The highest BCUT2D eigenvalue weighted by molar-refractivity contribution is 6.20. The minimum absolute atomic E-state index is 0.0508. The third-order valence-electron chi connectivity index (χ3n) is 5.84. The van der Waals surface area contributed by atoms with Gasteiger partial charge in [0.05, 0.1) is 5.57 Å². The van der Waals surface area contributed by atoms with E-state index >= 15 is 0 Å². The van der Waals surface area contributed by atoms with Gasteiger partial charge in [0, 0.05) is 12.8 Å². The molecule has 0 saturated heterocycles. The largest absolute Gasteiger partial charge is 0.294 e. The minimum Gasteiger partial charge on any atom is -0.294 e. The van der Waals surface area contributed by atoms with E-state index in [2.05, 4.69) is 45.9 Å². The van der Waals surface area contributed by atoms with Crippen LogP contribution in [0, 0.1) is 5.41 Å². The maximum Gasteiger partial charge on any atom is 0.166 e. The molecule has 170 valence electrons. The minimum atomic E-state index is -0.0508. The lowest BCUT2D eigenvalue weighted by Gasteiger charge is -2.32. The molecule has 0 spiro atoms. The summed E-state index contributed by atoms with van der Waals surface area (Å²) in [4.78, 5) is 24.6. The van der Waals surface area contributed by atoms with Crippen LogP contribution in [-0.2, 0) is 9.59 Å². The average Bonchev–Trinajstić information content (AvgIpc) is 2.67. The molecule has 0 unspecified atom stereocenters. The molecule has 2 nitrogen and oxygen atoms in total. The van der Waals surface area contributed by atoms with E-state index in [1.807, 2.05) is 39.0 Å². The summed E-state index contributed by atoms with van der Waals surface area (Å²) < 4.78 is 0. The Labute approximate surface area is 190 Å². The fourth-order valence-electron chi connectivity index (χ4n) is 3.97. The Morgan fingerprint density at radius 1 is 0.903 bits per heavy atom. The number of carbonyl (C=O) groups excluding carboxylic acids is 2. The molecule has 2 heteroatoms. The van der Waals surface area contributed by atoms with E-state index in [0.29, 0.717) is 18.4 Å². The summed E-state index contributed by atoms with van der Waals surface area (Å²) in [5, 5.41) is 0. The molecule has 0 atom stereocenters. The predicted octanol–water partition coefficient (Wildman–Crippen LogP) is 8.18. The van der Waals surface area contributed by atoms with Gasteiger partial charge >= 0.3 is 0 Å². The molecule has 0 amide bonds. The fourth-order valence-corrected chi connectivity index (χ4v) is 3.97. The van der Waals surface area contributed by atoms with Gasteiger partial charge in [-0.3, -0.25) is 9.59 Å². The van der Waals surface area contributed by atoms with E-state index in [0.717, 1.165) is 18.4 Å². The van der Waals surface area contributed by atoms with E-state index in [4.69, 9.17) is 0 Å². The second-order valence-corrected chi connectivity index (χ2v) is 9.37. The van der Waals surface area contributed by atoms with Gasteiger partial charge in [0.2, 0.25) is 0 Å². The Hall–Kier alpha value is -2.22. The highest BCUT2D eigenvalue weighted by Crippen LogP contribution is 2.40. The van der Waals surface area contributed by atoms with E-state index in [9.17, 15) is 9.59 Å². The number of carbonyl (C=O) groups is 2. The number of ketones is 2. The average molecular weight is 423 g/mol. The SMILES string of the molecule is CCCC(=O)C(=C/C=C(C)/C=C/C=C(C)/C=C/C1=C(C)CCCC1(C)C)C(=O)CCC. The lowest BCUT2D eigenvalue weighted by atomic mass is 9.72. The van der Waals surface area contributed by atoms with Crippen LogP contribution in [0.3, 0.4) is 0 Å². The monoisotopic (exact) mass is 422 g/mol. The second kappa shape index (κ2) is 13.2. The number of hydrogen-bond acceptors (Lipinski definition) is 2.